The largest absolute Gasteiger partial charge is 0.355 e. The normalized spacial score (nSPS) is 13.8. The number of hydrogen-bond acceptors (Lipinski definition) is 5. The molecule has 0 atom stereocenters. The third kappa shape index (κ3) is 2.71. The van der Waals surface area contributed by atoms with Crippen LogP contribution >= 0.6 is 0 Å². The zero-order valence-corrected chi connectivity index (χ0v) is 14.1. The molecule has 1 N–H and O–H groups in total. The lowest BCUT2D eigenvalue weighted by Gasteiger charge is -2.26. The van der Waals surface area contributed by atoms with Gasteiger partial charge in [0.05, 0.1) is 5.69 Å². The number of aryl methyl sites for hydroxylation is 1. The highest BCUT2D eigenvalue weighted by molar-refractivity contribution is 5.85. The molecule has 5 heteroatoms. The Hall–Kier alpha value is -2.53. The van der Waals surface area contributed by atoms with Gasteiger partial charge in [0.15, 0.2) is 0 Å². The average molecular weight is 319 g/mol. The molecule has 5 nitrogen and oxygen atoms in total. The molecule has 0 spiro atoms. The van der Waals surface area contributed by atoms with Crippen molar-refractivity contribution in [1.82, 2.24) is 20.3 Å². The second kappa shape index (κ2) is 6.17. The molecule has 0 saturated heterocycles. The zero-order valence-electron chi connectivity index (χ0n) is 14.1. The third-order valence-electron chi connectivity index (χ3n) is 4.57. The van der Waals surface area contributed by atoms with Crippen LogP contribution in [-0.4, -0.2) is 28.5 Å². The van der Waals surface area contributed by atoms with Crippen molar-refractivity contribution in [2.45, 2.75) is 26.4 Å². The lowest BCUT2D eigenvalue weighted by molar-refractivity contribution is 0.617. The number of hydrogen-bond donors (Lipinski definition) is 1. The van der Waals surface area contributed by atoms with Gasteiger partial charge in [0.25, 0.3) is 0 Å². The number of anilines is 1. The van der Waals surface area contributed by atoms with Crippen LogP contribution in [0.4, 0.5) is 5.82 Å². The van der Waals surface area contributed by atoms with E-state index in [-0.39, 0.29) is 0 Å². The van der Waals surface area contributed by atoms with Crippen LogP contribution < -0.4 is 10.2 Å². The van der Waals surface area contributed by atoms with Crippen LogP contribution in [0.15, 0.2) is 36.7 Å². The summed E-state index contributed by atoms with van der Waals surface area (Å²) in [5, 5.41) is 5.82. The van der Waals surface area contributed by atoms with E-state index >= 15 is 0 Å². The van der Waals surface area contributed by atoms with Gasteiger partial charge in [-0.1, -0.05) is 18.2 Å². The van der Waals surface area contributed by atoms with Crippen LogP contribution in [0.5, 0.6) is 0 Å². The number of aromatic nitrogens is 3. The maximum atomic E-state index is 4.74. The molecular formula is C19H21N5. The van der Waals surface area contributed by atoms with E-state index < -0.39 is 0 Å². The predicted molar refractivity (Wildman–Crippen MR) is 96.0 cm³/mol. The Morgan fingerprint density at radius 2 is 2.12 bits per heavy atom. The summed E-state index contributed by atoms with van der Waals surface area (Å²) in [6.45, 7) is 4.60. The monoisotopic (exact) mass is 319 g/mol. The minimum absolute atomic E-state index is 0.817. The van der Waals surface area contributed by atoms with Crippen LogP contribution in [0.25, 0.3) is 10.8 Å². The molecule has 1 aliphatic heterocycles. The van der Waals surface area contributed by atoms with Gasteiger partial charge >= 0.3 is 0 Å². The molecule has 2 aromatic heterocycles. The Kier molecular flexibility index (Phi) is 3.86. The Morgan fingerprint density at radius 3 is 3.04 bits per heavy atom. The molecule has 0 radical (unpaired) electrons. The first-order valence-corrected chi connectivity index (χ1v) is 8.32. The highest BCUT2D eigenvalue weighted by Gasteiger charge is 2.19. The maximum absolute atomic E-state index is 4.74. The number of nitrogens with one attached hydrogen (secondary N) is 1. The molecule has 0 unspecified atom stereocenters. The van der Waals surface area contributed by atoms with E-state index in [1.807, 2.05) is 19.3 Å². The van der Waals surface area contributed by atoms with Crippen molar-refractivity contribution in [2.24, 2.45) is 0 Å². The summed E-state index contributed by atoms with van der Waals surface area (Å²) in [5.74, 6) is 1.89. The van der Waals surface area contributed by atoms with Gasteiger partial charge in [0.2, 0.25) is 0 Å². The number of nitrogens with zero attached hydrogens (tertiary/aromatic N) is 4. The maximum Gasteiger partial charge on any atom is 0.135 e. The number of fused-ring (bicyclic) bond motifs is 2. The quantitative estimate of drug-likeness (QED) is 0.804. The Morgan fingerprint density at radius 1 is 1.21 bits per heavy atom. The summed E-state index contributed by atoms with van der Waals surface area (Å²) in [6.07, 6.45) is 4.75. The molecule has 0 fully saturated rings. The first-order valence-electron chi connectivity index (χ1n) is 8.32. The molecule has 24 heavy (non-hydrogen) atoms. The topological polar surface area (TPSA) is 53.9 Å². The summed E-state index contributed by atoms with van der Waals surface area (Å²) in [5.41, 5.74) is 3.71. The Bertz CT molecular complexity index is 885. The van der Waals surface area contributed by atoms with Crippen LogP contribution in [0.1, 0.15) is 22.6 Å². The fraction of sp³-hybridized carbons (Fsp3) is 0.316. The van der Waals surface area contributed by atoms with Gasteiger partial charge in [0, 0.05) is 43.5 Å². The van der Waals surface area contributed by atoms with E-state index in [0.717, 1.165) is 43.4 Å². The molecule has 122 valence electrons. The van der Waals surface area contributed by atoms with Crippen molar-refractivity contribution in [2.75, 3.05) is 18.5 Å². The summed E-state index contributed by atoms with van der Waals surface area (Å²) in [6, 6.07) is 8.47. The van der Waals surface area contributed by atoms with Crippen molar-refractivity contribution in [3.63, 3.8) is 0 Å². The van der Waals surface area contributed by atoms with Crippen molar-refractivity contribution < 1.29 is 0 Å². The molecule has 1 aliphatic rings. The standard InChI is InChI=1S/C19H21N5/c1-13-22-18-11-21-9-7-17(18)19(23-13)24(2)12-15-5-3-4-14-10-20-8-6-16(14)15/h3-6,8,10,21H,7,9,11-12H2,1-2H3. The lowest BCUT2D eigenvalue weighted by atomic mass is 10.0. The number of benzene rings is 1. The zero-order chi connectivity index (χ0) is 16.5. The van der Waals surface area contributed by atoms with Crippen molar-refractivity contribution in [3.8, 4) is 0 Å². The predicted octanol–water partition coefficient (Wildman–Crippen LogP) is 2.62. The van der Waals surface area contributed by atoms with Crippen LogP contribution in [-0.2, 0) is 19.5 Å². The third-order valence-corrected chi connectivity index (χ3v) is 4.57. The molecule has 0 amide bonds. The van der Waals surface area contributed by atoms with Crippen molar-refractivity contribution in [3.05, 3.63) is 59.3 Å². The minimum atomic E-state index is 0.817. The van der Waals surface area contributed by atoms with Gasteiger partial charge in [-0.2, -0.15) is 0 Å². The van der Waals surface area contributed by atoms with Crippen molar-refractivity contribution >= 4 is 16.6 Å². The van der Waals surface area contributed by atoms with Crippen LogP contribution in [0, 0.1) is 6.92 Å². The second-order valence-corrected chi connectivity index (χ2v) is 6.32. The van der Waals surface area contributed by atoms with E-state index in [4.69, 9.17) is 4.98 Å². The highest BCUT2D eigenvalue weighted by Crippen LogP contribution is 2.26. The van der Waals surface area contributed by atoms with E-state index in [1.54, 1.807) is 0 Å². The van der Waals surface area contributed by atoms with Gasteiger partial charge in [-0.3, -0.25) is 4.98 Å². The fourth-order valence-electron chi connectivity index (χ4n) is 3.43. The van der Waals surface area contributed by atoms with Gasteiger partial charge in [-0.05, 0) is 36.9 Å². The Labute approximate surface area is 141 Å². The summed E-state index contributed by atoms with van der Waals surface area (Å²) >= 11 is 0. The minimum Gasteiger partial charge on any atom is -0.355 e. The number of pyridine rings is 1. The molecule has 3 heterocycles. The van der Waals surface area contributed by atoms with E-state index in [2.05, 4.69) is 51.5 Å². The fourth-order valence-corrected chi connectivity index (χ4v) is 3.43. The molecular weight excluding hydrogens is 298 g/mol. The molecule has 3 aromatic rings. The average Bonchev–Trinajstić information content (AvgIpc) is 2.61. The van der Waals surface area contributed by atoms with Gasteiger partial charge in [-0.25, -0.2) is 9.97 Å². The summed E-state index contributed by atoms with van der Waals surface area (Å²) < 4.78 is 0. The van der Waals surface area contributed by atoms with Crippen LogP contribution in [0.3, 0.4) is 0 Å². The molecule has 1 aromatic carbocycles. The van der Waals surface area contributed by atoms with Crippen LogP contribution in [0.2, 0.25) is 0 Å². The molecule has 0 saturated carbocycles. The SMILES string of the molecule is Cc1nc2c(c(N(C)Cc3cccc4cnccc34)n1)CCNC2. The van der Waals surface area contributed by atoms with Gasteiger partial charge in [-0.15, -0.1) is 0 Å². The lowest BCUT2D eigenvalue weighted by Crippen LogP contribution is -2.29. The second-order valence-electron chi connectivity index (χ2n) is 6.32. The molecule has 0 bridgehead atoms. The summed E-state index contributed by atoms with van der Waals surface area (Å²) in [4.78, 5) is 15.8. The van der Waals surface area contributed by atoms with E-state index in [9.17, 15) is 0 Å². The first-order chi connectivity index (χ1) is 11.7. The molecule has 4 rings (SSSR count). The van der Waals surface area contributed by atoms with Gasteiger partial charge < -0.3 is 10.2 Å². The smallest absolute Gasteiger partial charge is 0.135 e. The highest BCUT2D eigenvalue weighted by atomic mass is 15.2. The van der Waals surface area contributed by atoms with E-state index in [0.29, 0.717) is 0 Å². The van der Waals surface area contributed by atoms with Crippen molar-refractivity contribution in [1.29, 1.82) is 0 Å². The Balaban J connectivity index is 1.72. The van der Waals surface area contributed by atoms with E-state index in [1.165, 1.54) is 21.9 Å². The number of rotatable bonds is 3. The van der Waals surface area contributed by atoms with Gasteiger partial charge in [0.1, 0.15) is 11.6 Å². The first kappa shape index (κ1) is 15.0. The summed E-state index contributed by atoms with van der Waals surface area (Å²) in [7, 11) is 2.12. The molecule has 0 aliphatic carbocycles.